The van der Waals surface area contributed by atoms with Crippen molar-refractivity contribution in [2.75, 3.05) is 7.11 Å². The first-order chi connectivity index (χ1) is 11.1. The Morgan fingerprint density at radius 3 is 2.91 bits per heavy atom. The monoisotopic (exact) mass is 313 g/mol. The highest BCUT2D eigenvalue weighted by Gasteiger charge is 2.40. The fourth-order valence-electron chi connectivity index (χ4n) is 2.87. The fraction of sp³-hybridized carbons (Fsp3) is 0.267. The Labute approximate surface area is 130 Å². The van der Waals surface area contributed by atoms with Gasteiger partial charge in [-0.15, -0.1) is 0 Å². The molecule has 0 saturated carbocycles. The Hall–Kier alpha value is -3.12. The second-order valence-corrected chi connectivity index (χ2v) is 5.25. The summed E-state index contributed by atoms with van der Waals surface area (Å²) in [4.78, 5) is 31.0. The number of fused-ring (bicyclic) bond motifs is 1. The van der Waals surface area contributed by atoms with Gasteiger partial charge in [0.2, 0.25) is 5.76 Å². The van der Waals surface area contributed by atoms with E-state index in [0.717, 1.165) is 5.57 Å². The summed E-state index contributed by atoms with van der Waals surface area (Å²) in [5.74, 6) is 0.313. The van der Waals surface area contributed by atoms with E-state index in [1.54, 1.807) is 6.20 Å². The maximum Gasteiger partial charge on any atom is 0.359 e. The topological polar surface area (TPSA) is 123 Å². The van der Waals surface area contributed by atoms with E-state index in [1.807, 2.05) is 18.2 Å². The van der Waals surface area contributed by atoms with Crippen LogP contribution in [0, 0.1) is 5.92 Å². The third kappa shape index (κ3) is 2.67. The van der Waals surface area contributed by atoms with Crippen molar-refractivity contribution < 1.29 is 9.53 Å². The largest absolute Gasteiger partial charge is 0.490 e. The molecule has 2 heterocycles. The van der Waals surface area contributed by atoms with Crippen LogP contribution in [-0.4, -0.2) is 33.6 Å². The predicted octanol–water partition coefficient (Wildman–Crippen LogP) is -0.151. The van der Waals surface area contributed by atoms with E-state index in [4.69, 9.17) is 4.74 Å². The van der Waals surface area contributed by atoms with Crippen LogP contribution in [0.1, 0.15) is 5.56 Å². The van der Waals surface area contributed by atoms with E-state index in [9.17, 15) is 15.1 Å². The number of allylic oxidation sites excluding steroid dienone is 3. The molecule has 8 nitrogen and oxygen atoms in total. The van der Waals surface area contributed by atoms with Crippen LogP contribution in [0.15, 0.2) is 51.5 Å². The number of rotatable bonds is 3. The molecule has 0 bridgehead atoms. The maximum absolute atomic E-state index is 11.9. The Balaban J connectivity index is 2.04. The first kappa shape index (κ1) is 14.8. The van der Waals surface area contributed by atoms with Crippen LogP contribution in [0.3, 0.4) is 0 Å². The molecular weight excluding hydrogens is 298 g/mol. The van der Waals surface area contributed by atoms with Crippen molar-refractivity contribution >= 4 is 5.71 Å². The highest BCUT2D eigenvalue weighted by atomic mass is 16.5. The van der Waals surface area contributed by atoms with Gasteiger partial charge in [-0.25, -0.2) is 4.79 Å². The molecular formula is C15H15N5O3. The van der Waals surface area contributed by atoms with Crippen molar-refractivity contribution in [3.8, 4) is 0 Å². The third-order valence-corrected chi connectivity index (χ3v) is 3.95. The molecule has 2 aliphatic rings. The summed E-state index contributed by atoms with van der Waals surface area (Å²) < 4.78 is 5.30. The van der Waals surface area contributed by atoms with Gasteiger partial charge in [-0.05, 0) is 30.3 Å². The van der Waals surface area contributed by atoms with Crippen molar-refractivity contribution in [3.63, 3.8) is 0 Å². The smallest absolute Gasteiger partial charge is 0.359 e. The third-order valence-electron chi connectivity index (χ3n) is 3.95. The highest BCUT2D eigenvalue weighted by Crippen LogP contribution is 2.30. The van der Waals surface area contributed by atoms with Gasteiger partial charge in [-0.2, -0.15) is 4.79 Å². The van der Waals surface area contributed by atoms with Crippen LogP contribution < -0.4 is 16.6 Å². The van der Waals surface area contributed by atoms with Gasteiger partial charge in [0, 0.05) is 17.7 Å². The van der Waals surface area contributed by atoms with E-state index in [1.165, 1.54) is 13.3 Å². The van der Waals surface area contributed by atoms with Gasteiger partial charge in [-0.1, -0.05) is 6.08 Å². The molecule has 2 atom stereocenters. The zero-order valence-electron chi connectivity index (χ0n) is 12.4. The number of methoxy groups -OCH3 is 1. The van der Waals surface area contributed by atoms with E-state index >= 15 is 0 Å². The van der Waals surface area contributed by atoms with E-state index in [0.29, 0.717) is 23.5 Å². The molecule has 1 aliphatic carbocycles. The molecule has 0 aromatic carbocycles. The molecule has 1 aromatic rings. The van der Waals surface area contributed by atoms with Crippen molar-refractivity contribution in [3.05, 3.63) is 73.9 Å². The number of nitrogens with zero attached hydrogens (tertiary/aromatic N) is 2. The zero-order valence-corrected chi connectivity index (χ0v) is 12.4. The molecule has 118 valence electrons. The van der Waals surface area contributed by atoms with Gasteiger partial charge < -0.3 is 20.6 Å². The summed E-state index contributed by atoms with van der Waals surface area (Å²) in [7, 11) is 1.49. The summed E-state index contributed by atoms with van der Waals surface area (Å²) in [5, 5.41) is 3.12. The van der Waals surface area contributed by atoms with Gasteiger partial charge >= 0.3 is 11.4 Å². The minimum absolute atomic E-state index is 0.134. The lowest BCUT2D eigenvalue weighted by molar-refractivity contribution is -0.0140. The second-order valence-electron chi connectivity index (χ2n) is 5.25. The molecule has 2 unspecified atom stereocenters. The van der Waals surface area contributed by atoms with Gasteiger partial charge in [0.05, 0.1) is 7.11 Å². The normalized spacial score (nSPS) is 22.4. The summed E-state index contributed by atoms with van der Waals surface area (Å²) in [6.45, 7) is 0. The molecule has 3 rings (SSSR count). The Bertz CT molecular complexity index is 883. The number of aromatic amines is 2. The summed E-state index contributed by atoms with van der Waals surface area (Å²) in [6, 6.07) is -0.322. The molecule has 8 heteroatoms. The van der Waals surface area contributed by atoms with Gasteiger partial charge in [-0.3, -0.25) is 9.78 Å². The molecule has 0 radical (unpaired) electrons. The van der Waals surface area contributed by atoms with E-state index < -0.39 is 11.2 Å². The molecule has 1 aromatic heterocycles. The maximum atomic E-state index is 11.9. The van der Waals surface area contributed by atoms with Crippen LogP contribution in [0.2, 0.25) is 0 Å². The molecule has 0 saturated heterocycles. The Kier molecular flexibility index (Phi) is 3.82. The second kappa shape index (κ2) is 5.94. The number of hydrogen-bond acceptors (Lipinski definition) is 4. The lowest BCUT2D eigenvalue weighted by atomic mass is 9.79. The average Bonchev–Trinajstić information content (AvgIpc) is 2.56. The van der Waals surface area contributed by atoms with Crippen molar-refractivity contribution in [1.82, 2.24) is 15.3 Å². The lowest BCUT2D eigenvalue weighted by Gasteiger charge is -2.29. The lowest BCUT2D eigenvalue weighted by Crippen LogP contribution is -2.44. The minimum atomic E-state index is -0.537. The number of dihydropyridines is 1. The number of nitrogens with one attached hydrogen (secondary N) is 3. The molecule has 1 aliphatic heterocycles. The number of H-pyrrole nitrogens is 2. The predicted molar refractivity (Wildman–Crippen MR) is 82.7 cm³/mol. The molecule has 0 fully saturated rings. The molecule has 0 spiro atoms. The van der Waals surface area contributed by atoms with Gasteiger partial charge in [0.15, 0.2) is 6.04 Å². The molecule has 0 amide bonds. The van der Waals surface area contributed by atoms with E-state index in [-0.39, 0.29) is 12.0 Å². The molecule has 3 N–H and O–H groups in total. The van der Waals surface area contributed by atoms with Gasteiger partial charge in [0.1, 0.15) is 0 Å². The highest BCUT2D eigenvalue weighted by molar-refractivity contribution is 6.02. The zero-order chi connectivity index (χ0) is 16.4. The number of aromatic nitrogens is 2. The average molecular weight is 313 g/mol. The molecule has 23 heavy (non-hydrogen) atoms. The van der Waals surface area contributed by atoms with Crippen LogP contribution >= 0.6 is 0 Å². The quantitative estimate of drug-likeness (QED) is 0.530. The Morgan fingerprint density at radius 2 is 2.22 bits per heavy atom. The van der Waals surface area contributed by atoms with E-state index in [2.05, 4.69) is 20.1 Å². The summed E-state index contributed by atoms with van der Waals surface area (Å²) in [6.07, 6.45) is 9.12. The van der Waals surface area contributed by atoms with Crippen molar-refractivity contribution in [2.45, 2.75) is 12.5 Å². The summed E-state index contributed by atoms with van der Waals surface area (Å²) >= 11 is 0. The Morgan fingerprint density at radius 1 is 1.39 bits per heavy atom. The van der Waals surface area contributed by atoms with Crippen molar-refractivity contribution in [2.24, 2.45) is 5.92 Å². The van der Waals surface area contributed by atoms with Crippen LogP contribution in [0.5, 0.6) is 0 Å². The van der Waals surface area contributed by atoms with Crippen LogP contribution in [-0.2, 0) is 11.2 Å². The standard InChI is InChI=1S/C15H15N5O3/c1-23-11-6-8(5-9-7-18-15(22)19-14(9)21)10-3-2-4-17-12(10)13(11)20-16/h2-4,6-8,12,17H,5H2,1H3,(H2,18,19,21,22). The summed E-state index contributed by atoms with van der Waals surface area (Å²) in [5.41, 5.74) is 10.1. The number of hydrogen-bond donors (Lipinski definition) is 3. The van der Waals surface area contributed by atoms with Crippen molar-refractivity contribution in [1.29, 1.82) is 0 Å². The minimum Gasteiger partial charge on any atom is -0.490 e. The van der Waals surface area contributed by atoms with Gasteiger partial charge in [0.25, 0.3) is 5.56 Å². The number of ether oxygens (including phenoxy) is 1. The van der Waals surface area contributed by atoms with Crippen LogP contribution in [0.25, 0.3) is 5.53 Å². The SMILES string of the molecule is COC1=CC(Cc2c[nH]c(=O)[nH]c2=O)C2=CC=CNC2C1=[N+]=[N-]. The first-order valence-electron chi connectivity index (χ1n) is 7.05. The fourth-order valence-corrected chi connectivity index (χ4v) is 2.87. The first-order valence-corrected chi connectivity index (χ1v) is 7.05. The van der Waals surface area contributed by atoms with Crippen LogP contribution in [0.4, 0.5) is 0 Å².